The molecule has 0 radical (unpaired) electrons. The fourth-order valence-electron chi connectivity index (χ4n) is 5.91. The lowest BCUT2D eigenvalue weighted by Gasteiger charge is -2.14. The first-order chi connectivity index (χ1) is 23.0. The predicted molar refractivity (Wildman–Crippen MR) is 191 cm³/mol. The first-order valence-electron chi connectivity index (χ1n) is 15.2. The second kappa shape index (κ2) is 11.9. The number of benzene rings is 5. The van der Waals surface area contributed by atoms with Gasteiger partial charge in [0.15, 0.2) is 0 Å². The van der Waals surface area contributed by atoms with Crippen LogP contribution in [0.4, 0.5) is 0 Å². The maximum atomic E-state index is 13.7. The normalized spacial score (nSPS) is 11.3. The van der Waals surface area contributed by atoms with E-state index in [9.17, 15) is 4.79 Å². The summed E-state index contributed by atoms with van der Waals surface area (Å²) in [4.78, 5) is 19.1. The van der Waals surface area contributed by atoms with Crippen LogP contribution in [-0.2, 0) is 0 Å². The number of aromatic nitrogens is 4. The Morgan fingerprint density at radius 2 is 1.32 bits per heavy atom. The van der Waals surface area contributed by atoms with Crippen molar-refractivity contribution >= 4 is 26.9 Å². The first-order valence-corrected chi connectivity index (χ1v) is 16.0. The smallest absolute Gasteiger partial charge is 0.345 e. The van der Waals surface area contributed by atoms with Gasteiger partial charge in [-0.05, 0) is 55.5 Å². The van der Waals surface area contributed by atoms with Crippen LogP contribution in [0.15, 0.2) is 159 Å². The minimum absolute atomic E-state index is 0.348. The van der Waals surface area contributed by atoms with E-state index in [4.69, 9.17) is 14.5 Å². The highest BCUT2D eigenvalue weighted by molar-refractivity contribution is 9.10. The largest absolute Gasteiger partial charge is 0.422 e. The van der Waals surface area contributed by atoms with Crippen LogP contribution in [0, 0.1) is 6.92 Å². The monoisotopic (exact) mass is 674 g/mol. The van der Waals surface area contributed by atoms with Gasteiger partial charge in [0.2, 0.25) is 0 Å². The Balaban J connectivity index is 1.49. The van der Waals surface area contributed by atoms with E-state index in [1.165, 1.54) is 0 Å². The summed E-state index contributed by atoms with van der Waals surface area (Å²) in [5.74, 6) is 0.650. The molecule has 0 N–H and O–H groups in total. The Bertz CT molecular complexity index is 2430. The molecule has 5 aromatic carbocycles. The molecule has 226 valence electrons. The second-order valence-electron chi connectivity index (χ2n) is 11.3. The molecule has 0 atom stereocenters. The fourth-order valence-corrected chi connectivity index (χ4v) is 6.29. The molecule has 0 fully saturated rings. The third kappa shape index (κ3) is 5.30. The molecule has 0 amide bonds. The summed E-state index contributed by atoms with van der Waals surface area (Å²) in [7, 11) is 0. The van der Waals surface area contributed by atoms with Crippen molar-refractivity contribution in [2.45, 2.75) is 6.92 Å². The average molecular weight is 676 g/mol. The van der Waals surface area contributed by atoms with Gasteiger partial charge in [-0.1, -0.05) is 112 Å². The molecular formula is C40H27BrN4O2. The van der Waals surface area contributed by atoms with Crippen molar-refractivity contribution in [1.82, 2.24) is 19.3 Å². The highest BCUT2D eigenvalue weighted by Crippen LogP contribution is 2.41. The molecule has 47 heavy (non-hydrogen) atoms. The second-order valence-corrected chi connectivity index (χ2v) is 12.3. The number of fused-ring (bicyclic) bond motifs is 1. The van der Waals surface area contributed by atoms with Crippen LogP contribution < -0.4 is 5.63 Å². The standard InChI is InChI=1S/C40H27BrN4O2/c1-26-17-20-32(21-18-26)45-38(28-13-7-3-8-14-28)36(27-11-5-2-6-12-27)42-39(45)34-25-44(31-15-9-4-10-16-31)43-37(34)33-24-29-23-30(41)19-22-35(29)47-40(33)46/h2-25H,1H3. The Kier molecular flexibility index (Phi) is 7.23. The van der Waals surface area contributed by atoms with E-state index in [2.05, 4.69) is 76.0 Å². The number of para-hydroxylation sites is 1. The quantitative estimate of drug-likeness (QED) is 0.165. The zero-order valence-electron chi connectivity index (χ0n) is 25.3. The van der Waals surface area contributed by atoms with Crippen molar-refractivity contribution in [2.24, 2.45) is 0 Å². The van der Waals surface area contributed by atoms with Crippen LogP contribution in [0.3, 0.4) is 0 Å². The molecule has 6 nitrogen and oxygen atoms in total. The van der Waals surface area contributed by atoms with E-state index in [1.54, 1.807) is 10.7 Å². The van der Waals surface area contributed by atoms with Crippen molar-refractivity contribution < 1.29 is 4.42 Å². The van der Waals surface area contributed by atoms with Gasteiger partial charge in [-0.2, -0.15) is 5.10 Å². The fraction of sp³-hybridized carbons (Fsp3) is 0.0250. The summed E-state index contributed by atoms with van der Waals surface area (Å²) in [6.45, 7) is 2.07. The van der Waals surface area contributed by atoms with Gasteiger partial charge in [-0.3, -0.25) is 4.57 Å². The van der Waals surface area contributed by atoms with Gasteiger partial charge in [0.25, 0.3) is 0 Å². The third-order valence-electron chi connectivity index (χ3n) is 8.19. The van der Waals surface area contributed by atoms with Crippen LogP contribution in [0.25, 0.3) is 67.5 Å². The Labute approximate surface area is 279 Å². The van der Waals surface area contributed by atoms with Gasteiger partial charge in [0, 0.05) is 32.9 Å². The maximum Gasteiger partial charge on any atom is 0.345 e. The van der Waals surface area contributed by atoms with Crippen molar-refractivity contribution in [3.05, 3.63) is 166 Å². The van der Waals surface area contributed by atoms with Crippen molar-refractivity contribution in [2.75, 3.05) is 0 Å². The Morgan fingerprint density at radius 3 is 2.02 bits per heavy atom. The number of halogens is 1. The van der Waals surface area contributed by atoms with Crippen LogP contribution in [0.2, 0.25) is 0 Å². The summed E-state index contributed by atoms with van der Waals surface area (Å²) in [5.41, 5.74) is 8.23. The van der Waals surface area contributed by atoms with Gasteiger partial charge in [-0.15, -0.1) is 0 Å². The van der Waals surface area contributed by atoms with Crippen LogP contribution in [0.5, 0.6) is 0 Å². The van der Waals surface area contributed by atoms with Crippen LogP contribution >= 0.6 is 15.9 Å². The van der Waals surface area contributed by atoms with E-state index in [0.717, 1.165) is 49.3 Å². The van der Waals surface area contributed by atoms with Crippen molar-refractivity contribution in [3.8, 4) is 56.5 Å². The number of imidazole rings is 1. The lowest BCUT2D eigenvalue weighted by atomic mass is 10.0. The topological polar surface area (TPSA) is 65.8 Å². The summed E-state index contributed by atoms with van der Waals surface area (Å²) >= 11 is 3.56. The van der Waals surface area contributed by atoms with Crippen LogP contribution in [-0.4, -0.2) is 19.3 Å². The van der Waals surface area contributed by atoms with E-state index in [0.29, 0.717) is 28.2 Å². The van der Waals surface area contributed by atoms with Gasteiger partial charge in [-0.25, -0.2) is 14.5 Å². The SMILES string of the molecule is Cc1ccc(-n2c(-c3cn(-c4ccccc4)nc3-c3cc4cc(Br)ccc4oc3=O)nc(-c3ccccc3)c2-c2ccccc2)cc1. The molecular weight excluding hydrogens is 648 g/mol. The third-order valence-corrected chi connectivity index (χ3v) is 8.68. The number of rotatable bonds is 6. The van der Waals surface area contributed by atoms with E-state index < -0.39 is 5.63 Å². The van der Waals surface area contributed by atoms with Gasteiger partial charge >= 0.3 is 5.63 Å². The summed E-state index contributed by atoms with van der Waals surface area (Å²) < 4.78 is 10.7. The zero-order chi connectivity index (χ0) is 31.9. The highest BCUT2D eigenvalue weighted by Gasteiger charge is 2.27. The molecule has 0 aliphatic rings. The van der Waals surface area contributed by atoms with E-state index in [1.807, 2.05) is 91.1 Å². The van der Waals surface area contributed by atoms with Crippen molar-refractivity contribution in [3.63, 3.8) is 0 Å². The molecule has 7 heteroatoms. The average Bonchev–Trinajstić information content (AvgIpc) is 3.73. The molecule has 0 unspecified atom stereocenters. The van der Waals surface area contributed by atoms with Crippen molar-refractivity contribution in [1.29, 1.82) is 0 Å². The Morgan fingerprint density at radius 1 is 0.660 bits per heavy atom. The number of nitrogens with zero attached hydrogens (tertiary/aromatic N) is 4. The molecule has 3 aromatic heterocycles. The number of aryl methyl sites for hydroxylation is 1. The molecule has 8 rings (SSSR count). The van der Waals surface area contributed by atoms with Gasteiger partial charge in [0.1, 0.15) is 17.1 Å². The minimum Gasteiger partial charge on any atom is -0.422 e. The number of hydrogen-bond donors (Lipinski definition) is 0. The van der Waals surface area contributed by atoms with Gasteiger partial charge in [0.05, 0.1) is 28.2 Å². The molecule has 0 saturated heterocycles. The summed E-state index contributed by atoms with van der Waals surface area (Å²) in [5, 5.41) is 5.83. The summed E-state index contributed by atoms with van der Waals surface area (Å²) in [6.07, 6.45) is 1.95. The lowest BCUT2D eigenvalue weighted by Crippen LogP contribution is -2.05. The molecule has 0 spiro atoms. The van der Waals surface area contributed by atoms with E-state index >= 15 is 0 Å². The lowest BCUT2D eigenvalue weighted by molar-refractivity contribution is 0.563. The zero-order valence-corrected chi connectivity index (χ0v) is 26.9. The molecule has 0 bridgehead atoms. The molecule has 8 aromatic rings. The number of hydrogen-bond acceptors (Lipinski definition) is 4. The first kappa shape index (κ1) is 28.7. The Hall–Kier alpha value is -5.79. The summed E-state index contributed by atoms with van der Waals surface area (Å²) in [6, 6.07) is 46.2. The molecule has 3 heterocycles. The van der Waals surface area contributed by atoms with Gasteiger partial charge < -0.3 is 4.42 Å². The van der Waals surface area contributed by atoms with E-state index in [-0.39, 0.29) is 0 Å². The predicted octanol–water partition coefficient (Wildman–Crippen LogP) is 9.90. The molecule has 0 aliphatic carbocycles. The molecule has 0 aliphatic heterocycles. The molecule has 0 saturated carbocycles. The van der Waals surface area contributed by atoms with Crippen LogP contribution in [0.1, 0.15) is 5.56 Å². The maximum absolute atomic E-state index is 13.7. The minimum atomic E-state index is -0.473. The highest BCUT2D eigenvalue weighted by atomic mass is 79.9.